The van der Waals surface area contributed by atoms with Crippen molar-refractivity contribution in [2.75, 3.05) is 26.2 Å². The Hall–Kier alpha value is -1.24. The lowest BCUT2D eigenvalue weighted by molar-refractivity contribution is 0.155. The first-order valence-corrected chi connectivity index (χ1v) is 8.59. The Morgan fingerprint density at radius 1 is 1.43 bits per heavy atom. The summed E-state index contributed by atoms with van der Waals surface area (Å²) in [4.78, 5) is 7.12. The van der Waals surface area contributed by atoms with Crippen LogP contribution in [0.15, 0.2) is 21.3 Å². The second-order valence-corrected chi connectivity index (χ2v) is 6.23. The monoisotopic (exact) mass is 306 g/mol. The highest BCUT2D eigenvalue weighted by molar-refractivity contribution is 7.07. The second kappa shape index (κ2) is 7.15. The number of nitrogens with one attached hydrogen (secondary N) is 1. The molecule has 0 spiro atoms. The minimum Gasteiger partial charge on any atom is -0.339 e. The fourth-order valence-corrected chi connectivity index (χ4v) is 3.45. The van der Waals surface area contributed by atoms with E-state index in [2.05, 4.69) is 44.1 Å². The SMILES string of the molecule is CCCC(c1noc(Cc2ccsc2)n1)N1CCNCC1. The second-order valence-electron chi connectivity index (χ2n) is 5.45. The quantitative estimate of drug-likeness (QED) is 0.888. The first kappa shape index (κ1) is 14.7. The van der Waals surface area contributed by atoms with Gasteiger partial charge in [-0.25, -0.2) is 0 Å². The van der Waals surface area contributed by atoms with E-state index in [4.69, 9.17) is 4.52 Å². The maximum atomic E-state index is 5.46. The largest absolute Gasteiger partial charge is 0.339 e. The Kier molecular flexibility index (Phi) is 5.00. The predicted octanol–water partition coefficient (Wildman–Crippen LogP) is 2.47. The summed E-state index contributed by atoms with van der Waals surface area (Å²) in [5.41, 5.74) is 1.24. The van der Waals surface area contributed by atoms with E-state index in [0.717, 1.165) is 57.2 Å². The normalized spacial score (nSPS) is 18.0. The summed E-state index contributed by atoms with van der Waals surface area (Å²) in [5.74, 6) is 1.57. The number of hydrogen-bond acceptors (Lipinski definition) is 6. The van der Waals surface area contributed by atoms with Crippen LogP contribution >= 0.6 is 11.3 Å². The summed E-state index contributed by atoms with van der Waals surface area (Å²) in [5, 5.41) is 11.8. The Balaban J connectivity index is 1.71. The van der Waals surface area contributed by atoms with E-state index in [1.807, 2.05) is 0 Å². The van der Waals surface area contributed by atoms with Gasteiger partial charge in [0.1, 0.15) is 0 Å². The molecule has 1 aliphatic rings. The van der Waals surface area contributed by atoms with Gasteiger partial charge in [0.2, 0.25) is 5.89 Å². The van der Waals surface area contributed by atoms with Crippen LogP contribution in [0.25, 0.3) is 0 Å². The molecule has 5 nitrogen and oxygen atoms in total. The van der Waals surface area contributed by atoms with Gasteiger partial charge in [-0.05, 0) is 28.8 Å². The summed E-state index contributed by atoms with van der Waals surface area (Å²) >= 11 is 1.70. The zero-order valence-electron chi connectivity index (χ0n) is 12.4. The van der Waals surface area contributed by atoms with Gasteiger partial charge in [-0.3, -0.25) is 4.90 Å². The van der Waals surface area contributed by atoms with Crippen molar-refractivity contribution < 1.29 is 4.52 Å². The first-order valence-electron chi connectivity index (χ1n) is 7.65. The number of thiophene rings is 1. The molecule has 1 fully saturated rings. The molecule has 0 radical (unpaired) electrons. The molecular formula is C15H22N4OS. The van der Waals surface area contributed by atoms with Gasteiger partial charge < -0.3 is 9.84 Å². The molecule has 0 saturated carbocycles. The van der Waals surface area contributed by atoms with Crippen LogP contribution in [0, 0.1) is 0 Å². The number of rotatable bonds is 6. The van der Waals surface area contributed by atoms with Gasteiger partial charge in [-0.1, -0.05) is 18.5 Å². The van der Waals surface area contributed by atoms with Crippen LogP contribution in [0.2, 0.25) is 0 Å². The molecule has 1 N–H and O–H groups in total. The van der Waals surface area contributed by atoms with Crippen LogP contribution in [0.4, 0.5) is 0 Å². The van der Waals surface area contributed by atoms with E-state index in [-0.39, 0.29) is 6.04 Å². The van der Waals surface area contributed by atoms with Crippen LogP contribution in [-0.4, -0.2) is 41.2 Å². The summed E-state index contributed by atoms with van der Waals surface area (Å²) in [6.07, 6.45) is 2.94. The zero-order chi connectivity index (χ0) is 14.5. The number of piperazine rings is 1. The van der Waals surface area contributed by atoms with E-state index in [9.17, 15) is 0 Å². The molecule has 1 saturated heterocycles. The molecule has 114 valence electrons. The molecule has 21 heavy (non-hydrogen) atoms. The standard InChI is InChI=1S/C15H22N4OS/c1-2-3-13(19-7-5-16-6-8-19)15-17-14(20-18-15)10-12-4-9-21-11-12/h4,9,11,13,16H,2-3,5-8,10H2,1H3. The summed E-state index contributed by atoms with van der Waals surface area (Å²) in [7, 11) is 0. The van der Waals surface area contributed by atoms with Gasteiger partial charge >= 0.3 is 0 Å². The smallest absolute Gasteiger partial charge is 0.231 e. The third-order valence-corrected chi connectivity index (χ3v) is 4.60. The van der Waals surface area contributed by atoms with Crippen LogP contribution in [0.5, 0.6) is 0 Å². The van der Waals surface area contributed by atoms with Gasteiger partial charge in [-0.2, -0.15) is 16.3 Å². The van der Waals surface area contributed by atoms with E-state index in [0.29, 0.717) is 0 Å². The van der Waals surface area contributed by atoms with Gasteiger partial charge in [0.05, 0.1) is 12.5 Å². The van der Waals surface area contributed by atoms with E-state index >= 15 is 0 Å². The van der Waals surface area contributed by atoms with Crippen molar-refractivity contribution in [3.8, 4) is 0 Å². The minimum atomic E-state index is 0.289. The van der Waals surface area contributed by atoms with Crippen LogP contribution < -0.4 is 5.32 Å². The zero-order valence-corrected chi connectivity index (χ0v) is 13.2. The number of aromatic nitrogens is 2. The maximum absolute atomic E-state index is 5.46. The Bertz CT molecular complexity index is 534. The molecule has 3 heterocycles. The highest BCUT2D eigenvalue weighted by Crippen LogP contribution is 2.24. The summed E-state index contributed by atoms with van der Waals surface area (Å²) in [6, 6.07) is 2.39. The Morgan fingerprint density at radius 2 is 2.29 bits per heavy atom. The topological polar surface area (TPSA) is 54.2 Å². The van der Waals surface area contributed by atoms with Crippen molar-refractivity contribution in [1.82, 2.24) is 20.4 Å². The third kappa shape index (κ3) is 3.70. The van der Waals surface area contributed by atoms with Gasteiger partial charge in [0.15, 0.2) is 5.82 Å². The molecule has 2 aromatic rings. The lowest BCUT2D eigenvalue weighted by Gasteiger charge is -2.33. The fraction of sp³-hybridized carbons (Fsp3) is 0.600. The average molecular weight is 306 g/mol. The molecule has 0 aliphatic carbocycles. The van der Waals surface area contributed by atoms with Crippen LogP contribution in [0.3, 0.4) is 0 Å². The molecule has 1 aliphatic heterocycles. The van der Waals surface area contributed by atoms with Crippen LogP contribution in [0.1, 0.15) is 43.1 Å². The molecule has 2 aromatic heterocycles. The lowest BCUT2D eigenvalue weighted by Crippen LogP contribution is -2.45. The average Bonchev–Trinajstić information content (AvgIpc) is 3.18. The highest BCUT2D eigenvalue weighted by atomic mass is 32.1. The van der Waals surface area contributed by atoms with Gasteiger partial charge in [0, 0.05) is 26.2 Å². The predicted molar refractivity (Wildman–Crippen MR) is 83.5 cm³/mol. The molecule has 1 unspecified atom stereocenters. The van der Waals surface area contributed by atoms with Crippen molar-refractivity contribution in [3.05, 3.63) is 34.1 Å². The third-order valence-electron chi connectivity index (χ3n) is 3.87. The summed E-state index contributed by atoms with van der Waals surface area (Å²) in [6.45, 7) is 6.40. The van der Waals surface area contributed by atoms with Crippen LogP contribution in [-0.2, 0) is 6.42 Å². The molecule has 6 heteroatoms. The molecule has 0 amide bonds. The molecule has 3 rings (SSSR count). The number of hydrogen-bond donors (Lipinski definition) is 1. The molecule has 1 atom stereocenters. The van der Waals surface area contributed by atoms with E-state index in [1.54, 1.807) is 11.3 Å². The molecule has 0 aromatic carbocycles. The Labute approximate surface area is 129 Å². The van der Waals surface area contributed by atoms with Gasteiger partial charge in [0.25, 0.3) is 0 Å². The van der Waals surface area contributed by atoms with E-state index < -0.39 is 0 Å². The van der Waals surface area contributed by atoms with Crippen molar-refractivity contribution >= 4 is 11.3 Å². The maximum Gasteiger partial charge on any atom is 0.231 e. The van der Waals surface area contributed by atoms with Crippen molar-refractivity contribution in [2.24, 2.45) is 0 Å². The first-order chi connectivity index (χ1) is 10.4. The molecular weight excluding hydrogens is 284 g/mol. The van der Waals surface area contributed by atoms with Gasteiger partial charge in [-0.15, -0.1) is 0 Å². The molecule has 0 bridgehead atoms. The highest BCUT2D eigenvalue weighted by Gasteiger charge is 2.25. The van der Waals surface area contributed by atoms with Crippen molar-refractivity contribution in [3.63, 3.8) is 0 Å². The van der Waals surface area contributed by atoms with Crippen molar-refractivity contribution in [1.29, 1.82) is 0 Å². The lowest BCUT2D eigenvalue weighted by atomic mass is 10.1. The number of nitrogens with zero attached hydrogens (tertiary/aromatic N) is 3. The van der Waals surface area contributed by atoms with Crippen molar-refractivity contribution in [2.45, 2.75) is 32.2 Å². The minimum absolute atomic E-state index is 0.289. The Morgan fingerprint density at radius 3 is 3.00 bits per heavy atom. The summed E-state index contributed by atoms with van der Waals surface area (Å²) < 4.78 is 5.46. The fourth-order valence-electron chi connectivity index (χ4n) is 2.79. The van der Waals surface area contributed by atoms with E-state index in [1.165, 1.54) is 5.56 Å².